The molecule has 0 atom stereocenters. The van der Waals surface area contributed by atoms with Crippen molar-refractivity contribution in [1.82, 2.24) is 5.06 Å². The minimum absolute atomic E-state index is 0.647. The number of hydrogen-bond donors (Lipinski definition) is 0. The van der Waals surface area contributed by atoms with Gasteiger partial charge in [-0.1, -0.05) is 5.16 Å². The monoisotopic (exact) mass is 212 g/mol. The predicted octanol–water partition coefficient (Wildman–Crippen LogP) is 1.63. The normalized spacial score (nSPS) is 25.3. The van der Waals surface area contributed by atoms with Crippen LogP contribution in [0.3, 0.4) is 0 Å². The standard InChI is InChI=1S/C10H18N3O2/c1-7(12-15-6)8-9(2,3)13(14)10(4,5)11-8/h1-6H3/b12-7+. The van der Waals surface area contributed by atoms with Gasteiger partial charge in [0.05, 0.1) is 17.0 Å². The van der Waals surface area contributed by atoms with Gasteiger partial charge >= 0.3 is 0 Å². The molecule has 0 N–H and O–H groups in total. The molecule has 0 amide bonds. The number of hydroxylamine groups is 2. The van der Waals surface area contributed by atoms with Crippen LogP contribution in [-0.2, 0) is 10.0 Å². The summed E-state index contributed by atoms with van der Waals surface area (Å²) < 4.78 is 0. The van der Waals surface area contributed by atoms with Crippen molar-refractivity contribution >= 4 is 11.4 Å². The predicted molar refractivity (Wildman–Crippen MR) is 58.2 cm³/mol. The average Bonchev–Trinajstić information content (AvgIpc) is 2.27. The van der Waals surface area contributed by atoms with Crippen molar-refractivity contribution in [2.75, 3.05) is 7.11 Å². The summed E-state index contributed by atoms with van der Waals surface area (Å²) in [6, 6.07) is 0. The van der Waals surface area contributed by atoms with Crippen molar-refractivity contribution in [2.24, 2.45) is 10.1 Å². The molecule has 1 aliphatic rings. The van der Waals surface area contributed by atoms with E-state index in [-0.39, 0.29) is 0 Å². The Hall–Kier alpha value is -0.940. The zero-order valence-electron chi connectivity index (χ0n) is 10.2. The third-order valence-corrected chi connectivity index (χ3v) is 2.54. The lowest BCUT2D eigenvalue weighted by molar-refractivity contribution is -0.240. The van der Waals surface area contributed by atoms with Gasteiger partial charge < -0.3 is 4.84 Å². The third-order valence-electron chi connectivity index (χ3n) is 2.54. The first-order valence-corrected chi connectivity index (χ1v) is 4.89. The van der Waals surface area contributed by atoms with E-state index < -0.39 is 11.2 Å². The summed E-state index contributed by atoms with van der Waals surface area (Å²) in [7, 11) is 1.48. The molecule has 0 spiro atoms. The van der Waals surface area contributed by atoms with Gasteiger partial charge in [-0.05, 0) is 34.6 Å². The fourth-order valence-corrected chi connectivity index (χ4v) is 1.94. The van der Waals surface area contributed by atoms with E-state index in [1.165, 1.54) is 7.11 Å². The molecule has 5 nitrogen and oxygen atoms in total. The van der Waals surface area contributed by atoms with Gasteiger partial charge in [0.15, 0.2) is 0 Å². The first-order valence-electron chi connectivity index (χ1n) is 4.89. The van der Waals surface area contributed by atoms with Gasteiger partial charge in [-0.15, -0.1) is 10.3 Å². The van der Waals surface area contributed by atoms with Gasteiger partial charge in [0.25, 0.3) is 0 Å². The molecule has 1 rings (SSSR count). The van der Waals surface area contributed by atoms with Crippen molar-refractivity contribution in [2.45, 2.75) is 45.8 Å². The fourth-order valence-electron chi connectivity index (χ4n) is 1.94. The molecule has 0 bridgehead atoms. The number of nitrogens with zero attached hydrogens (tertiary/aromatic N) is 3. The first-order chi connectivity index (χ1) is 6.73. The third kappa shape index (κ3) is 1.89. The second-order valence-electron chi connectivity index (χ2n) is 4.67. The van der Waals surface area contributed by atoms with Crippen LogP contribution in [-0.4, -0.2) is 34.8 Å². The second-order valence-corrected chi connectivity index (χ2v) is 4.67. The molecule has 0 aromatic rings. The number of rotatable bonds is 2. The van der Waals surface area contributed by atoms with Crippen molar-refractivity contribution < 1.29 is 10.0 Å². The van der Waals surface area contributed by atoms with Crippen LogP contribution < -0.4 is 0 Å². The number of hydrogen-bond acceptors (Lipinski definition) is 4. The molecule has 15 heavy (non-hydrogen) atoms. The highest BCUT2D eigenvalue weighted by atomic mass is 16.6. The van der Waals surface area contributed by atoms with Crippen LogP contribution in [0.2, 0.25) is 0 Å². The summed E-state index contributed by atoms with van der Waals surface area (Å²) in [5.41, 5.74) is -0.0582. The Morgan fingerprint density at radius 3 is 2.27 bits per heavy atom. The smallest absolute Gasteiger partial charge is 0.134 e. The highest BCUT2D eigenvalue weighted by Gasteiger charge is 2.49. The van der Waals surface area contributed by atoms with E-state index in [1.807, 2.05) is 13.8 Å². The summed E-state index contributed by atoms with van der Waals surface area (Å²) in [5.74, 6) is 0. The van der Waals surface area contributed by atoms with Gasteiger partial charge in [-0.3, -0.25) is 4.99 Å². The second kappa shape index (κ2) is 3.57. The van der Waals surface area contributed by atoms with Crippen molar-refractivity contribution in [1.29, 1.82) is 0 Å². The zero-order chi connectivity index (χ0) is 11.9. The van der Waals surface area contributed by atoms with Crippen molar-refractivity contribution in [3.05, 3.63) is 0 Å². The van der Waals surface area contributed by atoms with Crippen LogP contribution in [0.1, 0.15) is 34.6 Å². The largest absolute Gasteiger partial charge is 0.399 e. The van der Waals surface area contributed by atoms with Crippen LogP contribution in [0.4, 0.5) is 0 Å². The Balaban J connectivity index is 3.14. The maximum absolute atomic E-state index is 12.0. The zero-order valence-corrected chi connectivity index (χ0v) is 10.2. The summed E-state index contributed by atoms with van der Waals surface area (Å²) >= 11 is 0. The van der Waals surface area contributed by atoms with Gasteiger partial charge in [0.1, 0.15) is 12.8 Å². The molecule has 5 heteroatoms. The Labute approximate surface area is 90.4 Å². The van der Waals surface area contributed by atoms with E-state index in [1.54, 1.807) is 20.8 Å². The number of oxime groups is 1. The summed E-state index contributed by atoms with van der Waals surface area (Å²) in [5, 5.41) is 16.8. The van der Waals surface area contributed by atoms with Crippen LogP contribution in [0.15, 0.2) is 10.1 Å². The molecule has 0 aromatic carbocycles. The van der Waals surface area contributed by atoms with E-state index in [4.69, 9.17) is 4.84 Å². The Morgan fingerprint density at radius 1 is 1.40 bits per heavy atom. The van der Waals surface area contributed by atoms with Gasteiger partial charge in [0, 0.05) is 0 Å². The molecule has 1 heterocycles. The molecule has 85 valence electrons. The Bertz CT molecular complexity index is 319. The first kappa shape index (κ1) is 12.1. The molecule has 0 saturated heterocycles. The highest BCUT2D eigenvalue weighted by Crippen LogP contribution is 2.33. The molecular weight excluding hydrogens is 194 g/mol. The van der Waals surface area contributed by atoms with E-state index in [0.717, 1.165) is 5.06 Å². The molecule has 0 aliphatic carbocycles. The highest BCUT2D eigenvalue weighted by molar-refractivity contribution is 6.44. The topological polar surface area (TPSA) is 57.1 Å². The summed E-state index contributed by atoms with van der Waals surface area (Å²) in [6.07, 6.45) is 0. The lowest BCUT2D eigenvalue weighted by atomic mass is 9.95. The molecule has 0 aromatic heterocycles. The SMILES string of the molecule is CO/N=C(\C)C1=NC(C)(C)N([O])C1(C)C. The maximum atomic E-state index is 12.0. The van der Waals surface area contributed by atoms with Gasteiger partial charge in [-0.25, -0.2) is 0 Å². The van der Waals surface area contributed by atoms with Crippen LogP contribution in [0, 0.1) is 0 Å². The van der Waals surface area contributed by atoms with Gasteiger partial charge in [-0.2, -0.15) is 0 Å². The summed E-state index contributed by atoms with van der Waals surface area (Å²) in [4.78, 5) is 9.09. The lowest BCUT2D eigenvalue weighted by Gasteiger charge is -2.31. The Morgan fingerprint density at radius 2 is 1.93 bits per heavy atom. The molecule has 1 radical (unpaired) electrons. The lowest BCUT2D eigenvalue weighted by Crippen LogP contribution is -2.50. The summed E-state index contributed by atoms with van der Waals surface area (Å²) in [6.45, 7) is 9.04. The fraction of sp³-hybridized carbons (Fsp3) is 0.800. The Kier molecular flexibility index (Phi) is 2.89. The van der Waals surface area contributed by atoms with Crippen LogP contribution >= 0.6 is 0 Å². The van der Waals surface area contributed by atoms with Crippen LogP contribution in [0.25, 0.3) is 0 Å². The molecule has 0 unspecified atom stereocenters. The molecule has 0 saturated carbocycles. The van der Waals surface area contributed by atoms with E-state index in [2.05, 4.69) is 10.1 Å². The quantitative estimate of drug-likeness (QED) is 0.516. The molecule has 1 aliphatic heterocycles. The average molecular weight is 212 g/mol. The minimum atomic E-state index is -0.733. The van der Waals surface area contributed by atoms with E-state index in [0.29, 0.717) is 11.4 Å². The van der Waals surface area contributed by atoms with Crippen LogP contribution in [0.5, 0.6) is 0 Å². The number of aliphatic imine (C=N–C) groups is 1. The maximum Gasteiger partial charge on any atom is 0.134 e. The van der Waals surface area contributed by atoms with E-state index >= 15 is 0 Å². The minimum Gasteiger partial charge on any atom is -0.399 e. The van der Waals surface area contributed by atoms with Gasteiger partial charge in [0.2, 0.25) is 0 Å². The van der Waals surface area contributed by atoms with Crippen molar-refractivity contribution in [3.63, 3.8) is 0 Å². The van der Waals surface area contributed by atoms with Crippen molar-refractivity contribution in [3.8, 4) is 0 Å². The molecular formula is C10H18N3O2. The molecule has 0 fully saturated rings. The van der Waals surface area contributed by atoms with E-state index in [9.17, 15) is 5.21 Å².